The van der Waals surface area contributed by atoms with Crippen molar-refractivity contribution in [3.05, 3.63) is 100 Å². The molecule has 0 radical (unpaired) electrons. The normalized spacial score (nSPS) is 18.6. The summed E-state index contributed by atoms with van der Waals surface area (Å²) in [7, 11) is 0. The summed E-state index contributed by atoms with van der Waals surface area (Å²) < 4.78 is 1.04. The van der Waals surface area contributed by atoms with E-state index in [2.05, 4.69) is 10.3 Å². The molecule has 1 saturated heterocycles. The molecule has 154 valence electrons. The third kappa shape index (κ3) is 3.11. The number of fused-ring (bicyclic) bond motifs is 1. The van der Waals surface area contributed by atoms with Crippen LogP contribution in [-0.4, -0.2) is 21.8 Å². The van der Waals surface area contributed by atoms with Gasteiger partial charge in [0.15, 0.2) is 5.54 Å². The van der Waals surface area contributed by atoms with E-state index in [-0.39, 0.29) is 12.5 Å². The zero-order valence-electron chi connectivity index (χ0n) is 17.3. The van der Waals surface area contributed by atoms with Gasteiger partial charge in [0, 0.05) is 0 Å². The number of hydrogen-bond donors (Lipinski definition) is 1. The van der Waals surface area contributed by atoms with Crippen LogP contribution in [0.5, 0.6) is 0 Å². The SMILES string of the molecule is Cc1ccc([C@]2(c3ccccc3)NC(=O)N(Cc3nc4ccccc4s3)C2=O)cc1C. The quantitative estimate of drug-likeness (QED) is 0.471. The predicted octanol–water partition coefficient (Wildman–Crippen LogP) is 4.91. The number of nitrogens with one attached hydrogen (secondary N) is 1. The predicted molar refractivity (Wildman–Crippen MR) is 122 cm³/mol. The molecule has 4 aromatic rings. The largest absolute Gasteiger partial charge is 0.325 e. The summed E-state index contributed by atoms with van der Waals surface area (Å²) >= 11 is 1.50. The molecule has 0 spiro atoms. The van der Waals surface area contributed by atoms with Crippen molar-refractivity contribution in [1.29, 1.82) is 0 Å². The number of imide groups is 1. The van der Waals surface area contributed by atoms with Gasteiger partial charge in [-0.05, 0) is 48.2 Å². The molecule has 6 heteroatoms. The first kappa shape index (κ1) is 19.5. The molecular formula is C25H21N3O2S. The summed E-state index contributed by atoms with van der Waals surface area (Å²) in [5.74, 6) is -0.286. The van der Waals surface area contributed by atoms with Crippen LogP contribution in [0.3, 0.4) is 0 Å². The molecule has 1 N–H and O–H groups in total. The molecule has 5 nitrogen and oxygen atoms in total. The first-order chi connectivity index (χ1) is 15.0. The lowest BCUT2D eigenvalue weighted by atomic mass is 9.81. The van der Waals surface area contributed by atoms with Crippen molar-refractivity contribution >= 4 is 33.5 Å². The number of amides is 3. The smallest absolute Gasteiger partial charge is 0.315 e. The summed E-state index contributed by atoms with van der Waals surface area (Å²) in [6, 6.07) is 22.7. The maximum Gasteiger partial charge on any atom is 0.325 e. The minimum absolute atomic E-state index is 0.142. The summed E-state index contributed by atoms with van der Waals surface area (Å²) in [6.45, 7) is 4.18. The second-order valence-corrected chi connectivity index (χ2v) is 8.93. The van der Waals surface area contributed by atoms with Crippen LogP contribution in [0, 0.1) is 13.8 Å². The number of carbonyl (C=O) groups excluding carboxylic acids is 2. The molecule has 5 rings (SSSR count). The number of carbonyl (C=O) groups is 2. The molecule has 1 aliphatic rings. The summed E-state index contributed by atoms with van der Waals surface area (Å²) in [5, 5.41) is 3.75. The van der Waals surface area contributed by atoms with E-state index in [1.807, 2.05) is 86.6 Å². The highest BCUT2D eigenvalue weighted by Gasteiger charge is 2.53. The first-order valence-corrected chi connectivity index (χ1v) is 10.9. The number of rotatable bonds is 4. The summed E-state index contributed by atoms with van der Waals surface area (Å²) in [4.78, 5) is 32.8. The Morgan fingerprint density at radius 1 is 0.903 bits per heavy atom. The monoisotopic (exact) mass is 427 g/mol. The lowest BCUT2D eigenvalue weighted by Crippen LogP contribution is -2.45. The first-order valence-electron chi connectivity index (χ1n) is 10.1. The maximum atomic E-state index is 13.9. The van der Waals surface area contributed by atoms with Gasteiger partial charge in [-0.3, -0.25) is 9.69 Å². The van der Waals surface area contributed by atoms with Crippen LogP contribution in [0.1, 0.15) is 27.3 Å². The van der Waals surface area contributed by atoms with E-state index in [0.29, 0.717) is 0 Å². The number of thiazole rings is 1. The highest BCUT2D eigenvalue weighted by Crippen LogP contribution is 2.37. The molecule has 0 saturated carbocycles. The Bertz CT molecular complexity index is 1280. The number of benzene rings is 3. The third-order valence-electron chi connectivity index (χ3n) is 5.88. The van der Waals surface area contributed by atoms with Crippen molar-refractivity contribution in [2.75, 3.05) is 0 Å². The van der Waals surface area contributed by atoms with Crippen molar-refractivity contribution in [3.8, 4) is 0 Å². The molecule has 0 bridgehead atoms. The lowest BCUT2D eigenvalue weighted by Gasteiger charge is -2.28. The average molecular weight is 428 g/mol. The average Bonchev–Trinajstić information content (AvgIpc) is 3.30. The molecule has 1 aliphatic heterocycles. The van der Waals surface area contributed by atoms with Crippen molar-refractivity contribution in [1.82, 2.24) is 15.2 Å². The minimum atomic E-state index is -1.26. The molecule has 0 aliphatic carbocycles. The van der Waals surface area contributed by atoms with Crippen LogP contribution < -0.4 is 5.32 Å². The fraction of sp³-hybridized carbons (Fsp3) is 0.160. The van der Waals surface area contributed by atoms with E-state index in [1.54, 1.807) is 0 Å². The molecule has 31 heavy (non-hydrogen) atoms. The van der Waals surface area contributed by atoms with E-state index in [0.717, 1.165) is 37.5 Å². The van der Waals surface area contributed by atoms with Gasteiger partial charge in [0.2, 0.25) is 0 Å². The number of nitrogens with zero attached hydrogens (tertiary/aromatic N) is 2. The number of para-hydroxylation sites is 1. The van der Waals surface area contributed by atoms with Crippen LogP contribution in [0.15, 0.2) is 72.8 Å². The molecule has 1 atom stereocenters. The van der Waals surface area contributed by atoms with E-state index in [1.165, 1.54) is 16.2 Å². The molecule has 1 fully saturated rings. The number of hydrogen-bond acceptors (Lipinski definition) is 4. The van der Waals surface area contributed by atoms with Crippen molar-refractivity contribution in [3.63, 3.8) is 0 Å². The zero-order chi connectivity index (χ0) is 21.6. The summed E-state index contributed by atoms with van der Waals surface area (Å²) in [6.07, 6.45) is 0. The lowest BCUT2D eigenvalue weighted by molar-refractivity contribution is -0.130. The fourth-order valence-corrected chi connectivity index (χ4v) is 5.02. The Balaban J connectivity index is 1.60. The van der Waals surface area contributed by atoms with Gasteiger partial charge in [-0.2, -0.15) is 0 Å². The standard InChI is InChI=1S/C25H21N3O2S/c1-16-12-13-19(14-17(16)2)25(18-8-4-3-5-9-18)23(29)28(24(30)27-25)15-22-26-20-10-6-7-11-21(20)31-22/h3-14H,15H2,1-2H3,(H,27,30)/t25-/m0/s1. The zero-order valence-corrected chi connectivity index (χ0v) is 18.1. The Labute approximate surface area is 184 Å². The van der Waals surface area contributed by atoms with Gasteiger partial charge in [-0.25, -0.2) is 9.78 Å². The maximum absolute atomic E-state index is 13.9. The van der Waals surface area contributed by atoms with Gasteiger partial charge < -0.3 is 5.32 Å². The van der Waals surface area contributed by atoms with Gasteiger partial charge in [-0.1, -0.05) is 60.7 Å². The van der Waals surface area contributed by atoms with Gasteiger partial charge in [-0.15, -0.1) is 11.3 Å². The Kier molecular flexibility index (Phi) is 4.59. The topological polar surface area (TPSA) is 62.3 Å². The number of aryl methyl sites for hydroxylation is 2. The second kappa shape index (κ2) is 7.32. The number of aromatic nitrogens is 1. The van der Waals surface area contributed by atoms with Crippen LogP contribution >= 0.6 is 11.3 Å². The van der Waals surface area contributed by atoms with Crippen LogP contribution in [-0.2, 0) is 16.9 Å². The van der Waals surface area contributed by atoms with Gasteiger partial charge in [0.05, 0.1) is 16.8 Å². The molecule has 1 aromatic heterocycles. The molecule has 3 aromatic carbocycles. The molecular weight excluding hydrogens is 406 g/mol. The van der Waals surface area contributed by atoms with E-state index in [4.69, 9.17) is 0 Å². The Morgan fingerprint density at radius 3 is 2.39 bits per heavy atom. The van der Waals surface area contributed by atoms with Crippen molar-refractivity contribution < 1.29 is 9.59 Å². The van der Waals surface area contributed by atoms with Crippen molar-refractivity contribution in [2.24, 2.45) is 0 Å². The Hall–Kier alpha value is -3.51. The fourth-order valence-electron chi connectivity index (χ4n) is 4.06. The highest BCUT2D eigenvalue weighted by atomic mass is 32.1. The Morgan fingerprint density at radius 2 is 1.65 bits per heavy atom. The van der Waals surface area contributed by atoms with Crippen molar-refractivity contribution in [2.45, 2.75) is 25.9 Å². The summed E-state index contributed by atoms with van der Waals surface area (Å²) in [5.41, 5.74) is 3.32. The van der Waals surface area contributed by atoms with Crippen LogP contribution in [0.2, 0.25) is 0 Å². The van der Waals surface area contributed by atoms with Gasteiger partial charge >= 0.3 is 6.03 Å². The minimum Gasteiger partial charge on any atom is -0.315 e. The van der Waals surface area contributed by atoms with E-state index < -0.39 is 11.6 Å². The van der Waals surface area contributed by atoms with E-state index in [9.17, 15) is 9.59 Å². The van der Waals surface area contributed by atoms with E-state index >= 15 is 0 Å². The third-order valence-corrected chi connectivity index (χ3v) is 6.90. The van der Waals surface area contributed by atoms with Gasteiger partial charge in [0.1, 0.15) is 5.01 Å². The molecule has 3 amide bonds. The second-order valence-electron chi connectivity index (χ2n) is 7.81. The number of urea groups is 1. The van der Waals surface area contributed by atoms with Crippen LogP contribution in [0.25, 0.3) is 10.2 Å². The van der Waals surface area contributed by atoms with Crippen LogP contribution in [0.4, 0.5) is 4.79 Å². The highest BCUT2D eigenvalue weighted by molar-refractivity contribution is 7.18. The van der Waals surface area contributed by atoms with Gasteiger partial charge in [0.25, 0.3) is 5.91 Å². The molecule has 0 unspecified atom stereocenters. The molecule has 2 heterocycles.